The Kier molecular flexibility index (Phi) is 4.67. The summed E-state index contributed by atoms with van der Waals surface area (Å²) in [6.07, 6.45) is 0. The summed E-state index contributed by atoms with van der Waals surface area (Å²) in [4.78, 5) is 9.54. The van der Waals surface area contributed by atoms with E-state index in [9.17, 15) is 0 Å². The number of aromatic nitrogens is 4. The molecular formula is C30H18N4O2. The van der Waals surface area contributed by atoms with Crippen molar-refractivity contribution >= 4 is 21.5 Å². The summed E-state index contributed by atoms with van der Waals surface area (Å²) < 4.78 is 11.6. The summed E-state index contributed by atoms with van der Waals surface area (Å²) in [7, 11) is 0. The SMILES string of the molecule is c1ccc(-c2noc(-c3c4ccccc4c(-c4nc(-c5ccccc5)no4)c4ccccc34)n2)cc1. The Hall–Kier alpha value is -5.10. The van der Waals surface area contributed by atoms with Gasteiger partial charge in [-0.05, 0) is 21.5 Å². The highest BCUT2D eigenvalue weighted by Crippen LogP contribution is 2.43. The Labute approximate surface area is 205 Å². The van der Waals surface area contributed by atoms with Gasteiger partial charge < -0.3 is 9.05 Å². The zero-order chi connectivity index (χ0) is 23.9. The van der Waals surface area contributed by atoms with Gasteiger partial charge in [0.2, 0.25) is 11.6 Å². The van der Waals surface area contributed by atoms with Gasteiger partial charge in [-0.15, -0.1) is 0 Å². The standard InChI is InChI=1S/C30H18N4O2/c1-3-11-19(12-4-1)27-31-29(35-33-27)25-21-15-7-9-17-23(21)26(24-18-10-8-16-22(24)25)30-32-28(34-36-30)20-13-5-2-6-14-20/h1-18H. The van der Waals surface area contributed by atoms with Crippen LogP contribution >= 0.6 is 0 Å². The van der Waals surface area contributed by atoms with Crippen molar-refractivity contribution in [2.75, 3.05) is 0 Å². The zero-order valence-electron chi connectivity index (χ0n) is 19.0. The van der Waals surface area contributed by atoms with Gasteiger partial charge in [0.05, 0.1) is 11.1 Å². The van der Waals surface area contributed by atoms with Crippen LogP contribution in [0.5, 0.6) is 0 Å². The smallest absolute Gasteiger partial charge is 0.259 e. The van der Waals surface area contributed by atoms with Crippen molar-refractivity contribution in [1.82, 2.24) is 20.3 Å². The molecule has 0 radical (unpaired) electrons. The van der Waals surface area contributed by atoms with Gasteiger partial charge in [0, 0.05) is 11.1 Å². The molecule has 2 aromatic heterocycles. The Bertz CT molecular complexity index is 1650. The second-order valence-corrected chi connectivity index (χ2v) is 8.42. The van der Waals surface area contributed by atoms with E-state index < -0.39 is 0 Å². The molecule has 170 valence electrons. The first-order valence-corrected chi connectivity index (χ1v) is 11.6. The molecule has 0 aliphatic rings. The molecule has 0 spiro atoms. The molecule has 0 aliphatic carbocycles. The van der Waals surface area contributed by atoms with Crippen molar-refractivity contribution < 1.29 is 9.05 Å². The highest BCUT2D eigenvalue weighted by atomic mass is 16.5. The highest BCUT2D eigenvalue weighted by Gasteiger charge is 2.23. The molecule has 0 bridgehead atoms. The average molecular weight is 467 g/mol. The minimum atomic E-state index is 0.461. The van der Waals surface area contributed by atoms with E-state index in [4.69, 9.17) is 19.0 Å². The van der Waals surface area contributed by atoms with E-state index in [0.29, 0.717) is 23.4 Å². The fourth-order valence-electron chi connectivity index (χ4n) is 4.65. The van der Waals surface area contributed by atoms with Crippen LogP contribution in [-0.4, -0.2) is 20.3 Å². The summed E-state index contributed by atoms with van der Waals surface area (Å²) >= 11 is 0. The molecule has 36 heavy (non-hydrogen) atoms. The number of benzene rings is 5. The predicted molar refractivity (Wildman–Crippen MR) is 139 cm³/mol. The zero-order valence-corrected chi connectivity index (χ0v) is 19.0. The first-order valence-electron chi connectivity index (χ1n) is 11.6. The topological polar surface area (TPSA) is 77.8 Å². The van der Waals surface area contributed by atoms with Gasteiger partial charge in [0.1, 0.15) is 0 Å². The molecule has 7 rings (SSSR count). The molecule has 7 aromatic rings. The number of hydrogen-bond donors (Lipinski definition) is 0. The molecule has 0 unspecified atom stereocenters. The lowest BCUT2D eigenvalue weighted by molar-refractivity contribution is 0.432. The molecule has 0 N–H and O–H groups in total. The molecule has 0 fully saturated rings. The minimum Gasteiger partial charge on any atom is -0.334 e. The summed E-state index contributed by atoms with van der Waals surface area (Å²) in [6, 6.07) is 35.9. The normalized spacial score (nSPS) is 11.3. The van der Waals surface area contributed by atoms with Gasteiger partial charge in [-0.25, -0.2) is 0 Å². The average Bonchev–Trinajstić information content (AvgIpc) is 3.63. The Morgan fingerprint density at radius 3 is 1.08 bits per heavy atom. The van der Waals surface area contributed by atoms with Crippen molar-refractivity contribution in [2.45, 2.75) is 0 Å². The molecule has 6 heteroatoms. The van der Waals surface area contributed by atoms with Gasteiger partial charge in [-0.1, -0.05) is 120 Å². The number of hydrogen-bond acceptors (Lipinski definition) is 6. The molecule has 0 saturated carbocycles. The van der Waals surface area contributed by atoms with Gasteiger partial charge >= 0.3 is 0 Å². The van der Waals surface area contributed by atoms with Gasteiger partial charge in [0.15, 0.2) is 0 Å². The monoisotopic (exact) mass is 466 g/mol. The van der Waals surface area contributed by atoms with Gasteiger partial charge in [-0.3, -0.25) is 0 Å². The maximum Gasteiger partial charge on any atom is 0.259 e. The molecule has 0 amide bonds. The fourth-order valence-corrected chi connectivity index (χ4v) is 4.65. The summed E-state index contributed by atoms with van der Waals surface area (Å²) in [5, 5.41) is 12.4. The second-order valence-electron chi connectivity index (χ2n) is 8.42. The van der Waals surface area contributed by atoms with E-state index in [0.717, 1.165) is 43.8 Å². The summed E-state index contributed by atoms with van der Waals surface area (Å²) in [5.41, 5.74) is 3.55. The van der Waals surface area contributed by atoms with Crippen molar-refractivity contribution in [3.05, 3.63) is 109 Å². The maximum absolute atomic E-state index is 5.82. The molecule has 5 aromatic carbocycles. The molecule has 0 aliphatic heterocycles. The summed E-state index contributed by atoms with van der Waals surface area (Å²) in [5.74, 6) is 2.02. The number of nitrogens with zero attached hydrogens (tertiary/aromatic N) is 4. The van der Waals surface area contributed by atoms with Gasteiger partial charge in [-0.2, -0.15) is 9.97 Å². The quantitative estimate of drug-likeness (QED) is 0.251. The Morgan fingerprint density at radius 1 is 0.389 bits per heavy atom. The van der Waals surface area contributed by atoms with E-state index in [2.05, 4.69) is 34.6 Å². The van der Waals surface area contributed by atoms with E-state index in [1.807, 2.05) is 84.9 Å². The number of fused-ring (bicyclic) bond motifs is 2. The van der Waals surface area contributed by atoms with Crippen molar-refractivity contribution in [1.29, 1.82) is 0 Å². The van der Waals surface area contributed by atoms with E-state index >= 15 is 0 Å². The first-order chi connectivity index (χ1) is 17.9. The molecule has 6 nitrogen and oxygen atoms in total. The van der Waals surface area contributed by atoms with E-state index in [-0.39, 0.29) is 0 Å². The summed E-state index contributed by atoms with van der Waals surface area (Å²) in [6.45, 7) is 0. The van der Waals surface area contributed by atoms with Crippen LogP contribution in [0.15, 0.2) is 118 Å². The third kappa shape index (κ3) is 3.27. The van der Waals surface area contributed by atoms with E-state index in [1.54, 1.807) is 0 Å². The van der Waals surface area contributed by atoms with Crippen molar-refractivity contribution in [3.8, 4) is 45.7 Å². The van der Waals surface area contributed by atoms with E-state index in [1.165, 1.54) is 0 Å². The van der Waals surface area contributed by atoms with Crippen molar-refractivity contribution in [3.63, 3.8) is 0 Å². The third-order valence-electron chi connectivity index (χ3n) is 6.28. The van der Waals surface area contributed by atoms with Crippen LogP contribution in [0.1, 0.15) is 0 Å². The lowest BCUT2D eigenvalue weighted by atomic mass is 9.91. The lowest BCUT2D eigenvalue weighted by Gasteiger charge is -2.12. The molecule has 0 saturated heterocycles. The van der Waals surface area contributed by atoms with Crippen LogP contribution in [-0.2, 0) is 0 Å². The van der Waals surface area contributed by atoms with Crippen LogP contribution in [0.2, 0.25) is 0 Å². The van der Waals surface area contributed by atoms with Crippen LogP contribution in [0, 0.1) is 0 Å². The maximum atomic E-state index is 5.82. The molecular weight excluding hydrogens is 448 g/mol. The third-order valence-corrected chi connectivity index (χ3v) is 6.28. The van der Waals surface area contributed by atoms with Crippen molar-refractivity contribution in [2.24, 2.45) is 0 Å². The predicted octanol–water partition coefficient (Wildman–Crippen LogP) is 7.43. The molecule has 0 atom stereocenters. The minimum absolute atomic E-state index is 0.461. The highest BCUT2D eigenvalue weighted by molar-refractivity contribution is 6.19. The molecule has 2 heterocycles. The lowest BCUT2D eigenvalue weighted by Crippen LogP contribution is -1.91. The van der Waals surface area contributed by atoms with Gasteiger partial charge in [0.25, 0.3) is 11.8 Å². The van der Waals surface area contributed by atoms with Crippen LogP contribution in [0.25, 0.3) is 67.2 Å². The Balaban J connectivity index is 1.48. The van der Waals surface area contributed by atoms with Crippen LogP contribution in [0.4, 0.5) is 0 Å². The van der Waals surface area contributed by atoms with Crippen LogP contribution in [0.3, 0.4) is 0 Å². The van der Waals surface area contributed by atoms with Crippen LogP contribution < -0.4 is 0 Å². The second kappa shape index (κ2) is 8.29. The number of rotatable bonds is 4. The largest absolute Gasteiger partial charge is 0.334 e. The first kappa shape index (κ1) is 20.3. The fraction of sp³-hybridized carbons (Fsp3) is 0. The Morgan fingerprint density at radius 2 is 0.722 bits per heavy atom.